The molecule has 2 saturated heterocycles. The van der Waals surface area contributed by atoms with Gasteiger partial charge >= 0.3 is 0 Å². The van der Waals surface area contributed by atoms with Crippen LogP contribution in [-0.4, -0.2) is 74.9 Å². The fraction of sp³-hybridized carbons (Fsp3) is 1.00. The second-order valence-corrected chi connectivity index (χ2v) is 6.30. The first kappa shape index (κ1) is 15.2. The Morgan fingerprint density at radius 1 is 1.00 bits per heavy atom. The Kier molecular flexibility index (Phi) is 6.57. The summed E-state index contributed by atoms with van der Waals surface area (Å²) in [5.74, 6) is 0.891. The average molecular weight is 269 g/mol. The summed E-state index contributed by atoms with van der Waals surface area (Å²) in [7, 11) is 0. The molecule has 2 heterocycles. The van der Waals surface area contributed by atoms with Crippen LogP contribution in [0.2, 0.25) is 0 Å². The molecule has 2 rings (SSSR count). The zero-order valence-electron chi connectivity index (χ0n) is 12.7. The van der Waals surface area contributed by atoms with Crippen molar-refractivity contribution in [2.45, 2.75) is 32.7 Å². The number of ether oxygens (including phenoxy) is 1. The molecule has 0 unspecified atom stereocenters. The molecule has 0 aliphatic carbocycles. The van der Waals surface area contributed by atoms with Crippen molar-refractivity contribution in [3.63, 3.8) is 0 Å². The summed E-state index contributed by atoms with van der Waals surface area (Å²) in [4.78, 5) is 5.18. The van der Waals surface area contributed by atoms with Gasteiger partial charge in [-0.25, -0.2) is 0 Å². The van der Waals surface area contributed by atoms with Crippen molar-refractivity contribution in [1.29, 1.82) is 0 Å². The van der Waals surface area contributed by atoms with Crippen LogP contribution in [0, 0.1) is 5.92 Å². The molecule has 0 saturated carbocycles. The summed E-state index contributed by atoms with van der Waals surface area (Å²) in [5, 5.41) is 3.57. The Bertz CT molecular complexity index is 234. The molecule has 1 N–H and O–H groups in total. The van der Waals surface area contributed by atoms with E-state index in [2.05, 4.69) is 29.0 Å². The Labute approximate surface area is 118 Å². The standard InChI is InChI=1S/C15H31N3O/c1-14(2)16-13-15-3-5-17(6-4-15)7-8-18-9-11-19-12-10-18/h14-16H,3-13H2,1-2H3. The van der Waals surface area contributed by atoms with Crippen LogP contribution in [0.3, 0.4) is 0 Å². The maximum atomic E-state index is 5.39. The second-order valence-electron chi connectivity index (χ2n) is 6.30. The van der Waals surface area contributed by atoms with Crippen LogP contribution in [0.15, 0.2) is 0 Å². The number of hydrogen-bond donors (Lipinski definition) is 1. The molecule has 0 atom stereocenters. The number of piperidine rings is 1. The average Bonchev–Trinajstić information content (AvgIpc) is 2.45. The molecule has 0 spiro atoms. The van der Waals surface area contributed by atoms with Crippen LogP contribution >= 0.6 is 0 Å². The lowest BCUT2D eigenvalue weighted by atomic mass is 9.96. The zero-order chi connectivity index (χ0) is 13.5. The van der Waals surface area contributed by atoms with Crippen molar-refractivity contribution >= 4 is 0 Å². The minimum atomic E-state index is 0.624. The topological polar surface area (TPSA) is 27.7 Å². The molecule has 0 radical (unpaired) electrons. The highest BCUT2D eigenvalue weighted by Crippen LogP contribution is 2.16. The van der Waals surface area contributed by atoms with Gasteiger partial charge in [0, 0.05) is 32.2 Å². The summed E-state index contributed by atoms with van der Waals surface area (Å²) in [6, 6.07) is 0.624. The van der Waals surface area contributed by atoms with Gasteiger partial charge in [-0.15, -0.1) is 0 Å². The number of morpholine rings is 1. The van der Waals surface area contributed by atoms with Gasteiger partial charge in [0.1, 0.15) is 0 Å². The summed E-state index contributed by atoms with van der Waals surface area (Å²) < 4.78 is 5.39. The number of nitrogens with zero attached hydrogens (tertiary/aromatic N) is 2. The molecule has 0 aromatic rings. The van der Waals surface area contributed by atoms with Crippen molar-refractivity contribution < 1.29 is 4.74 Å². The van der Waals surface area contributed by atoms with Gasteiger partial charge in [-0.05, 0) is 38.4 Å². The summed E-state index contributed by atoms with van der Waals surface area (Å²) in [6.07, 6.45) is 2.73. The van der Waals surface area contributed by atoms with Gasteiger partial charge in [0.05, 0.1) is 13.2 Å². The van der Waals surface area contributed by atoms with Gasteiger partial charge in [0.2, 0.25) is 0 Å². The van der Waals surface area contributed by atoms with Crippen LogP contribution in [0.4, 0.5) is 0 Å². The van der Waals surface area contributed by atoms with E-state index in [-0.39, 0.29) is 0 Å². The maximum absolute atomic E-state index is 5.39. The molecule has 0 aromatic heterocycles. The molecule has 0 amide bonds. The highest BCUT2D eigenvalue weighted by molar-refractivity contribution is 4.75. The first-order valence-corrected chi connectivity index (χ1v) is 8.00. The Morgan fingerprint density at radius 2 is 1.58 bits per heavy atom. The third-order valence-corrected chi connectivity index (χ3v) is 4.36. The Morgan fingerprint density at radius 3 is 2.16 bits per heavy atom. The van der Waals surface area contributed by atoms with E-state index in [9.17, 15) is 0 Å². The molecule has 19 heavy (non-hydrogen) atoms. The SMILES string of the molecule is CC(C)NCC1CCN(CCN2CCOCC2)CC1. The lowest BCUT2D eigenvalue weighted by molar-refractivity contribution is 0.0314. The first-order chi connectivity index (χ1) is 9.24. The van der Waals surface area contributed by atoms with Crippen LogP contribution in [0.25, 0.3) is 0 Å². The predicted molar refractivity (Wildman–Crippen MR) is 79.6 cm³/mol. The monoisotopic (exact) mass is 269 g/mol. The molecule has 0 aromatic carbocycles. The fourth-order valence-corrected chi connectivity index (χ4v) is 2.92. The second kappa shape index (κ2) is 8.20. The normalized spacial score (nSPS) is 24.2. The summed E-state index contributed by atoms with van der Waals surface area (Å²) in [5.41, 5.74) is 0. The van der Waals surface area contributed by atoms with E-state index in [1.165, 1.54) is 45.6 Å². The molecule has 2 aliphatic heterocycles. The molecule has 2 aliphatic rings. The Balaban J connectivity index is 1.55. The Hall–Kier alpha value is -0.160. The van der Waals surface area contributed by atoms with Crippen molar-refractivity contribution in [3.8, 4) is 0 Å². The molecule has 2 fully saturated rings. The molecular formula is C15H31N3O. The largest absolute Gasteiger partial charge is 0.379 e. The van der Waals surface area contributed by atoms with Crippen LogP contribution in [-0.2, 0) is 4.74 Å². The molecule has 4 heteroatoms. The van der Waals surface area contributed by atoms with E-state index in [1.54, 1.807) is 0 Å². The van der Waals surface area contributed by atoms with Gasteiger partial charge in [-0.2, -0.15) is 0 Å². The van der Waals surface area contributed by atoms with Crippen molar-refractivity contribution in [2.75, 3.05) is 59.0 Å². The van der Waals surface area contributed by atoms with Gasteiger partial charge in [0.25, 0.3) is 0 Å². The third kappa shape index (κ3) is 5.78. The smallest absolute Gasteiger partial charge is 0.0594 e. The van der Waals surface area contributed by atoms with Crippen LogP contribution in [0.5, 0.6) is 0 Å². The molecule has 112 valence electrons. The lowest BCUT2D eigenvalue weighted by Crippen LogP contribution is -2.44. The zero-order valence-corrected chi connectivity index (χ0v) is 12.7. The van der Waals surface area contributed by atoms with Crippen molar-refractivity contribution in [1.82, 2.24) is 15.1 Å². The number of nitrogens with one attached hydrogen (secondary N) is 1. The van der Waals surface area contributed by atoms with Crippen LogP contribution in [0.1, 0.15) is 26.7 Å². The minimum Gasteiger partial charge on any atom is -0.379 e. The summed E-state index contributed by atoms with van der Waals surface area (Å²) in [6.45, 7) is 14.8. The molecule has 4 nitrogen and oxygen atoms in total. The highest BCUT2D eigenvalue weighted by atomic mass is 16.5. The number of likely N-dealkylation sites (tertiary alicyclic amines) is 1. The number of rotatable bonds is 6. The first-order valence-electron chi connectivity index (χ1n) is 8.00. The van der Waals surface area contributed by atoms with E-state index in [4.69, 9.17) is 4.74 Å². The van der Waals surface area contributed by atoms with Crippen LogP contribution < -0.4 is 5.32 Å². The quantitative estimate of drug-likeness (QED) is 0.779. The lowest BCUT2D eigenvalue weighted by Gasteiger charge is -2.34. The molecular weight excluding hydrogens is 238 g/mol. The van der Waals surface area contributed by atoms with Gasteiger partial charge < -0.3 is 15.0 Å². The number of hydrogen-bond acceptors (Lipinski definition) is 4. The van der Waals surface area contributed by atoms with E-state index in [0.717, 1.165) is 32.2 Å². The predicted octanol–water partition coefficient (Wildman–Crippen LogP) is 1.03. The van der Waals surface area contributed by atoms with Gasteiger partial charge in [-0.1, -0.05) is 13.8 Å². The van der Waals surface area contributed by atoms with E-state index in [0.29, 0.717) is 6.04 Å². The maximum Gasteiger partial charge on any atom is 0.0594 e. The highest BCUT2D eigenvalue weighted by Gasteiger charge is 2.20. The van der Waals surface area contributed by atoms with E-state index >= 15 is 0 Å². The fourth-order valence-electron chi connectivity index (χ4n) is 2.92. The third-order valence-electron chi connectivity index (χ3n) is 4.36. The summed E-state index contributed by atoms with van der Waals surface area (Å²) >= 11 is 0. The minimum absolute atomic E-state index is 0.624. The molecule has 0 bridgehead atoms. The van der Waals surface area contributed by atoms with Gasteiger partial charge in [-0.3, -0.25) is 4.90 Å². The van der Waals surface area contributed by atoms with Gasteiger partial charge in [0.15, 0.2) is 0 Å². The van der Waals surface area contributed by atoms with Crippen molar-refractivity contribution in [3.05, 3.63) is 0 Å². The van der Waals surface area contributed by atoms with E-state index in [1.807, 2.05) is 0 Å². The van der Waals surface area contributed by atoms with Crippen molar-refractivity contribution in [2.24, 2.45) is 5.92 Å². The van der Waals surface area contributed by atoms with E-state index < -0.39 is 0 Å².